The van der Waals surface area contributed by atoms with Crippen molar-refractivity contribution in [3.05, 3.63) is 47.9 Å². The summed E-state index contributed by atoms with van der Waals surface area (Å²) < 4.78 is 30.8. The van der Waals surface area contributed by atoms with Crippen LogP contribution in [-0.4, -0.2) is 26.1 Å². The Kier molecular flexibility index (Phi) is 4.32. The lowest BCUT2D eigenvalue weighted by Gasteiger charge is -2.29. The fourth-order valence-corrected chi connectivity index (χ4v) is 3.29. The molecule has 0 unspecified atom stereocenters. The van der Waals surface area contributed by atoms with Crippen LogP contribution in [0.25, 0.3) is 0 Å². The Labute approximate surface area is 139 Å². The molecule has 1 N–H and O–H groups in total. The van der Waals surface area contributed by atoms with Crippen LogP contribution in [0.5, 0.6) is 0 Å². The van der Waals surface area contributed by atoms with Crippen LogP contribution in [0.2, 0.25) is 0 Å². The van der Waals surface area contributed by atoms with E-state index in [2.05, 4.69) is 4.72 Å². The molecular formula is C15H15ClN2O4S. The Morgan fingerprint density at radius 3 is 2.87 bits per heavy atom. The highest BCUT2D eigenvalue weighted by Gasteiger charge is 2.25. The van der Waals surface area contributed by atoms with E-state index in [1.54, 1.807) is 29.2 Å². The summed E-state index contributed by atoms with van der Waals surface area (Å²) in [5.41, 5.74) is 2.06. The van der Waals surface area contributed by atoms with Gasteiger partial charge in [0.2, 0.25) is 10.0 Å². The zero-order valence-corrected chi connectivity index (χ0v) is 13.7. The third-order valence-corrected chi connectivity index (χ3v) is 5.29. The van der Waals surface area contributed by atoms with Crippen LogP contribution in [0.3, 0.4) is 0 Å². The van der Waals surface area contributed by atoms with E-state index in [-0.39, 0.29) is 11.7 Å². The minimum Gasteiger partial charge on any atom is -0.459 e. The predicted octanol–water partition coefficient (Wildman–Crippen LogP) is 2.81. The molecule has 0 saturated heterocycles. The summed E-state index contributed by atoms with van der Waals surface area (Å²) in [5.74, 6) is 0.0119. The summed E-state index contributed by atoms with van der Waals surface area (Å²) in [7, 11) is -3.59. The third-order valence-electron chi connectivity index (χ3n) is 3.60. The van der Waals surface area contributed by atoms with Gasteiger partial charge in [-0.05, 0) is 42.7 Å². The number of sulfonamides is 1. The second-order valence-electron chi connectivity index (χ2n) is 5.21. The highest BCUT2D eigenvalue weighted by atomic mass is 35.5. The SMILES string of the molecule is O=C(c1ccco1)N1CCCc2ccc(NS(=O)(=O)CCl)cc21. The molecule has 0 radical (unpaired) electrons. The van der Waals surface area contributed by atoms with Gasteiger partial charge in [-0.25, -0.2) is 8.42 Å². The predicted molar refractivity (Wildman–Crippen MR) is 88.4 cm³/mol. The molecule has 1 aromatic carbocycles. The van der Waals surface area contributed by atoms with Crippen LogP contribution in [0.1, 0.15) is 22.5 Å². The standard InChI is InChI=1S/C15H15ClN2O4S/c16-10-23(20,21)17-12-6-5-11-3-1-7-18(13(11)9-12)15(19)14-4-2-8-22-14/h2,4-6,8-9,17H,1,3,7,10H2. The molecule has 122 valence electrons. The van der Waals surface area contributed by atoms with Gasteiger partial charge in [0.1, 0.15) is 5.21 Å². The van der Waals surface area contributed by atoms with Gasteiger partial charge in [0.05, 0.1) is 12.0 Å². The van der Waals surface area contributed by atoms with Gasteiger partial charge < -0.3 is 9.32 Å². The zero-order valence-electron chi connectivity index (χ0n) is 12.2. The highest BCUT2D eigenvalue weighted by Crippen LogP contribution is 2.31. The van der Waals surface area contributed by atoms with E-state index in [1.165, 1.54) is 6.26 Å². The lowest BCUT2D eigenvalue weighted by Crippen LogP contribution is -2.35. The van der Waals surface area contributed by atoms with Gasteiger partial charge in [-0.3, -0.25) is 9.52 Å². The summed E-state index contributed by atoms with van der Waals surface area (Å²) in [6.45, 7) is 0.554. The smallest absolute Gasteiger partial charge is 0.293 e. The first-order chi connectivity index (χ1) is 11.0. The number of anilines is 2. The third kappa shape index (κ3) is 3.35. The molecule has 0 fully saturated rings. The Bertz CT molecular complexity index is 818. The fourth-order valence-electron chi connectivity index (χ4n) is 2.59. The molecule has 1 aliphatic rings. The number of nitrogens with one attached hydrogen (secondary N) is 1. The number of aryl methyl sites for hydroxylation is 1. The van der Waals surface area contributed by atoms with Gasteiger partial charge in [0, 0.05) is 12.2 Å². The topological polar surface area (TPSA) is 79.6 Å². The number of rotatable bonds is 4. The van der Waals surface area contributed by atoms with Crippen molar-refractivity contribution in [2.24, 2.45) is 0 Å². The van der Waals surface area contributed by atoms with E-state index in [4.69, 9.17) is 16.0 Å². The second-order valence-corrected chi connectivity index (χ2v) is 7.51. The van der Waals surface area contributed by atoms with Crippen molar-refractivity contribution in [2.75, 3.05) is 21.4 Å². The van der Waals surface area contributed by atoms with E-state index in [0.717, 1.165) is 18.4 Å². The number of carbonyl (C=O) groups is 1. The Hall–Kier alpha value is -1.99. The molecule has 0 spiro atoms. The van der Waals surface area contributed by atoms with Gasteiger partial charge in [-0.1, -0.05) is 6.07 Å². The number of amides is 1. The molecule has 0 bridgehead atoms. The van der Waals surface area contributed by atoms with Crippen molar-refractivity contribution < 1.29 is 17.6 Å². The molecule has 0 atom stereocenters. The summed E-state index contributed by atoms with van der Waals surface area (Å²) in [6, 6.07) is 8.41. The van der Waals surface area contributed by atoms with Gasteiger partial charge >= 0.3 is 0 Å². The van der Waals surface area contributed by atoms with Crippen LogP contribution in [-0.2, 0) is 16.4 Å². The summed E-state index contributed by atoms with van der Waals surface area (Å²) in [6.07, 6.45) is 3.12. The van der Waals surface area contributed by atoms with Gasteiger partial charge in [-0.15, -0.1) is 11.6 Å². The van der Waals surface area contributed by atoms with E-state index in [0.29, 0.717) is 17.9 Å². The van der Waals surface area contributed by atoms with Gasteiger partial charge in [-0.2, -0.15) is 0 Å². The monoisotopic (exact) mass is 354 g/mol. The molecule has 1 aliphatic heterocycles. The number of fused-ring (bicyclic) bond motifs is 1. The van der Waals surface area contributed by atoms with E-state index in [9.17, 15) is 13.2 Å². The maximum Gasteiger partial charge on any atom is 0.293 e. The molecule has 23 heavy (non-hydrogen) atoms. The molecule has 3 rings (SSSR count). The van der Waals surface area contributed by atoms with Crippen LogP contribution in [0, 0.1) is 0 Å². The molecule has 8 heteroatoms. The lowest BCUT2D eigenvalue weighted by atomic mass is 10.0. The number of hydrogen-bond acceptors (Lipinski definition) is 4. The minimum absolute atomic E-state index is 0.242. The van der Waals surface area contributed by atoms with Crippen molar-refractivity contribution >= 4 is 38.9 Å². The number of alkyl halides is 1. The fraction of sp³-hybridized carbons (Fsp3) is 0.267. The number of hydrogen-bond donors (Lipinski definition) is 1. The number of furan rings is 1. The molecule has 0 saturated carbocycles. The molecule has 0 aliphatic carbocycles. The average molecular weight is 355 g/mol. The first-order valence-corrected chi connectivity index (χ1v) is 9.23. The molecule has 1 aromatic heterocycles. The van der Waals surface area contributed by atoms with Crippen LogP contribution < -0.4 is 9.62 Å². The lowest BCUT2D eigenvalue weighted by molar-refractivity contribution is 0.0958. The van der Waals surface area contributed by atoms with Crippen LogP contribution in [0.15, 0.2) is 41.0 Å². The normalized spacial score (nSPS) is 14.4. The first-order valence-electron chi connectivity index (χ1n) is 7.05. The Balaban J connectivity index is 1.95. The van der Waals surface area contributed by atoms with Crippen molar-refractivity contribution in [1.82, 2.24) is 0 Å². The Morgan fingerprint density at radius 1 is 1.35 bits per heavy atom. The number of halogens is 1. The minimum atomic E-state index is -3.59. The van der Waals surface area contributed by atoms with Crippen molar-refractivity contribution in [3.63, 3.8) is 0 Å². The molecular weight excluding hydrogens is 340 g/mol. The van der Waals surface area contributed by atoms with E-state index in [1.807, 2.05) is 6.07 Å². The Morgan fingerprint density at radius 2 is 2.17 bits per heavy atom. The number of nitrogens with zero attached hydrogens (tertiary/aromatic N) is 1. The van der Waals surface area contributed by atoms with Crippen LogP contribution in [0.4, 0.5) is 11.4 Å². The summed E-state index contributed by atoms with van der Waals surface area (Å²) in [4.78, 5) is 14.2. The second kappa shape index (κ2) is 6.25. The molecule has 2 heterocycles. The van der Waals surface area contributed by atoms with Crippen molar-refractivity contribution in [2.45, 2.75) is 12.8 Å². The van der Waals surface area contributed by atoms with Crippen molar-refractivity contribution in [3.8, 4) is 0 Å². The average Bonchev–Trinajstić information content (AvgIpc) is 3.08. The summed E-state index contributed by atoms with van der Waals surface area (Å²) in [5, 5.41) is -0.529. The highest BCUT2D eigenvalue weighted by molar-refractivity contribution is 7.93. The molecule has 2 aromatic rings. The van der Waals surface area contributed by atoms with Crippen LogP contribution >= 0.6 is 11.6 Å². The summed E-state index contributed by atoms with van der Waals surface area (Å²) >= 11 is 5.41. The van der Waals surface area contributed by atoms with Gasteiger partial charge in [0.15, 0.2) is 5.76 Å². The quantitative estimate of drug-likeness (QED) is 0.856. The largest absolute Gasteiger partial charge is 0.459 e. The zero-order chi connectivity index (χ0) is 16.4. The van der Waals surface area contributed by atoms with Crippen molar-refractivity contribution in [1.29, 1.82) is 0 Å². The maximum absolute atomic E-state index is 12.5. The maximum atomic E-state index is 12.5. The first kappa shape index (κ1) is 15.9. The van der Waals surface area contributed by atoms with E-state index >= 15 is 0 Å². The molecule has 1 amide bonds. The number of carbonyl (C=O) groups excluding carboxylic acids is 1. The number of benzene rings is 1. The molecule has 6 nitrogen and oxygen atoms in total. The van der Waals surface area contributed by atoms with E-state index < -0.39 is 15.2 Å². The van der Waals surface area contributed by atoms with Gasteiger partial charge in [0.25, 0.3) is 5.91 Å².